The fourth-order valence-corrected chi connectivity index (χ4v) is 4.35. The number of H-pyrrole nitrogens is 1. The van der Waals surface area contributed by atoms with Gasteiger partial charge in [-0.25, -0.2) is 8.42 Å². The van der Waals surface area contributed by atoms with Crippen LogP contribution in [0.3, 0.4) is 0 Å². The van der Waals surface area contributed by atoms with Gasteiger partial charge in [0.05, 0.1) is 12.2 Å². The largest absolute Gasteiger partial charge is 0.383 e. The predicted molar refractivity (Wildman–Crippen MR) is 75.3 cm³/mol. The van der Waals surface area contributed by atoms with Crippen LogP contribution in [0.1, 0.15) is 24.4 Å². The molecular weight excluding hydrogens is 276 g/mol. The molecule has 0 saturated carbocycles. The van der Waals surface area contributed by atoms with Crippen molar-refractivity contribution >= 4 is 15.8 Å². The molecule has 7 heteroatoms. The Balaban J connectivity index is 1.99. The van der Waals surface area contributed by atoms with Crippen molar-refractivity contribution < 1.29 is 8.42 Å². The number of hydrogen-bond donors (Lipinski definition) is 2. The molecule has 6 nitrogen and oxygen atoms in total. The lowest BCUT2D eigenvalue weighted by Crippen LogP contribution is -2.30. The molecule has 1 aromatic carbocycles. The molecule has 106 valence electrons. The Morgan fingerprint density at radius 3 is 2.70 bits per heavy atom. The fraction of sp³-hybridized carbons (Fsp3) is 0.308. The maximum absolute atomic E-state index is 12.7. The number of sulfonamides is 1. The molecule has 0 bridgehead atoms. The van der Waals surface area contributed by atoms with E-state index in [0.29, 0.717) is 6.54 Å². The number of nitrogen functional groups attached to an aromatic ring is 1. The van der Waals surface area contributed by atoms with Gasteiger partial charge in [0.15, 0.2) is 0 Å². The van der Waals surface area contributed by atoms with Crippen molar-refractivity contribution in [2.45, 2.75) is 23.8 Å². The lowest BCUT2D eigenvalue weighted by atomic mass is 10.1. The van der Waals surface area contributed by atoms with Gasteiger partial charge in [0.2, 0.25) is 10.0 Å². The van der Waals surface area contributed by atoms with E-state index in [1.807, 2.05) is 30.3 Å². The second kappa shape index (κ2) is 4.92. The van der Waals surface area contributed by atoms with Crippen LogP contribution >= 0.6 is 0 Å². The Bertz CT molecular complexity index is 696. The van der Waals surface area contributed by atoms with E-state index in [2.05, 4.69) is 10.2 Å². The Kier molecular flexibility index (Phi) is 3.23. The molecule has 0 amide bonds. The van der Waals surface area contributed by atoms with E-state index in [9.17, 15) is 8.42 Å². The van der Waals surface area contributed by atoms with Crippen LogP contribution < -0.4 is 5.73 Å². The van der Waals surface area contributed by atoms with Crippen molar-refractivity contribution in [2.75, 3.05) is 12.3 Å². The van der Waals surface area contributed by atoms with E-state index in [4.69, 9.17) is 5.73 Å². The second-order valence-electron chi connectivity index (χ2n) is 4.83. The Morgan fingerprint density at radius 1 is 1.30 bits per heavy atom. The van der Waals surface area contributed by atoms with Gasteiger partial charge in [-0.2, -0.15) is 9.40 Å². The van der Waals surface area contributed by atoms with Crippen LogP contribution in [0.15, 0.2) is 41.4 Å². The summed E-state index contributed by atoms with van der Waals surface area (Å²) in [5.74, 6) is 0.0868. The predicted octanol–water partition coefficient (Wildman–Crippen LogP) is 1.52. The van der Waals surface area contributed by atoms with E-state index in [-0.39, 0.29) is 16.8 Å². The second-order valence-corrected chi connectivity index (χ2v) is 6.69. The van der Waals surface area contributed by atoms with Gasteiger partial charge in [0, 0.05) is 6.54 Å². The minimum atomic E-state index is -3.61. The number of aromatic amines is 1. The van der Waals surface area contributed by atoms with Crippen LogP contribution in [0.25, 0.3) is 0 Å². The van der Waals surface area contributed by atoms with Gasteiger partial charge >= 0.3 is 0 Å². The van der Waals surface area contributed by atoms with Crippen LogP contribution in [0.2, 0.25) is 0 Å². The number of benzene rings is 1. The fourth-order valence-electron chi connectivity index (χ4n) is 2.65. The van der Waals surface area contributed by atoms with Gasteiger partial charge in [-0.15, -0.1) is 0 Å². The zero-order valence-electron chi connectivity index (χ0n) is 10.9. The van der Waals surface area contributed by atoms with Gasteiger partial charge in [-0.3, -0.25) is 5.10 Å². The molecule has 1 fully saturated rings. The van der Waals surface area contributed by atoms with E-state index in [0.717, 1.165) is 18.4 Å². The third-order valence-electron chi connectivity index (χ3n) is 3.61. The van der Waals surface area contributed by atoms with Gasteiger partial charge < -0.3 is 5.73 Å². The maximum Gasteiger partial charge on any atom is 0.248 e. The van der Waals surface area contributed by atoms with Crippen molar-refractivity contribution in [1.29, 1.82) is 0 Å². The van der Waals surface area contributed by atoms with Crippen LogP contribution in [0.5, 0.6) is 0 Å². The molecule has 1 aliphatic rings. The SMILES string of the molecule is Nc1[nH]ncc1S(=O)(=O)N1CCCC1c1ccccc1. The summed E-state index contributed by atoms with van der Waals surface area (Å²) in [6.45, 7) is 0.506. The van der Waals surface area contributed by atoms with Gasteiger partial charge in [-0.05, 0) is 18.4 Å². The van der Waals surface area contributed by atoms with Crippen LogP contribution in [0.4, 0.5) is 5.82 Å². The molecule has 1 saturated heterocycles. The smallest absolute Gasteiger partial charge is 0.248 e. The van der Waals surface area contributed by atoms with Crippen LogP contribution in [-0.2, 0) is 10.0 Å². The normalized spacial score (nSPS) is 20.3. The highest BCUT2D eigenvalue weighted by Crippen LogP contribution is 2.37. The molecule has 1 atom stereocenters. The summed E-state index contributed by atoms with van der Waals surface area (Å²) in [5, 5.41) is 6.18. The molecule has 2 heterocycles. The van der Waals surface area contributed by atoms with Gasteiger partial charge in [0.1, 0.15) is 10.7 Å². The first-order valence-electron chi connectivity index (χ1n) is 6.46. The number of anilines is 1. The maximum atomic E-state index is 12.7. The Morgan fingerprint density at radius 2 is 2.05 bits per heavy atom. The number of rotatable bonds is 3. The molecule has 2 aromatic rings. The summed E-state index contributed by atoms with van der Waals surface area (Å²) in [6, 6.07) is 9.55. The average Bonchev–Trinajstić information content (AvgIpc) is 3.08. The van der Waals surface area contributed by atoms with E-state index < -0.39 is 10.0 Å². The molecule has 0 aliphatic carbocycles. The van der Waals surface area contributed by atoms with Gasteiger partial charge in [-0.1, -0.05) is 30.3 Å². The average molecular weight is 292 g/mol. The summed E-state index contributed by atoms with van der Waals surface area (Å²) in [7, 11) is -3.61. The summed E-state index contributed by atoms with van der Waals surface area (Å²) >= 11 is 0. The molecule has 0 spiro atoms. The summed E-state index contributed by atoms with van der Waals surface area (Å²) < 4.78 is 26.9. The molecular formula is C13H16N4O2S. The lowest BCUT2D eigenvalue weighted by Gasteiger charge is -2.24. The zero-order chi connectivity index (χ0) is 14.2. The number of nitrogens with one attached hydrogen (secondary N) is 1. The number of nitrogens with zero attached hydrogens (tertiary/aromatic N) is 2. The van der Waals surface area contributed by atoms with Gasteiger partial charge in [0.25, 0.3) is 0 Å². The number of aromatic nitrogens is 2. The summed E-state index contributed by atoms with van der Waals surface area (Å²) in [6.07, 6.45) is 2.93. The standard InChI is InChI=1S/C13H16N4O2S/c14-13-12(9-15-16-13)20(18,19)17-8-4-7-11(17)10-5-2-1-3-6-10/h1-3,5-6,9,11H,4,7-8H2,(H3,14,15,16). The van der Waals surface area contributed by atoms with Crippen molar-refractivity contribution in [2.24, 2.45) is 0 Å². The highest BCUT2D eigenvalue weighted by Gasteiger charge is 2.37. The molecule has 3 rings (SSSR count). The first-order valence-corrected chi connectivity index (χ1v) is 7.90. The number of nitrogens with two attached hydrogens (primary N) is 1. The van der Waals surface area contributed by atoms with E-state index in [1.165, 1.54) is 10.5 Å². The first kappa shape index (κ1) is 13.1. The topological polar surface area (TPSA) is 92.1 Å². The molecule has 3 N–H and O–H groups in total. The van der Waals surface area contributed by atoms with Crippen molar-refractivity contribution in [3.63, 3.8) is 0 Å². The quantitative estimate of drug-likeness (QED) is 0.897. The van der Waals surface area contributed by atoms with Crippen molar-refractivity contribution in [3.05, 3.63) is 42.1 Å². The molecule has 1 unspecified atom stereocenters. The highest BCUT2D eigenvalue weighted by atomic mass is 32.2. The molecule has 20 heavy (non-hydrogen) atoms. The monoisotopic (exact) mass is 292 g/mol. The third kappa shape index (κ3) is 2.08. The lowest BCUT2D eigenvalue weighted by molar-refractivity contribution is 0.397. The highest BCUT2D eigenvalue weighted by molar-refractivity contribution is 7.89. The first-order chi connectivity index (χ1) is 9.60. The summed E-state index contributed by atoms with van der Waals surface area (Å²) in [5.41, 5.74) is 6.66. The van der Waals surface area contributed by atoms with E-state index in [1.54, 1.807) is 0 Å². The third-order valence-corrected chi connectivity index (χ3v) is 5.54. The molecule has 1 aliphatic heterocycles. The molecule has 1 aromatic heterocycles. The Labute approximate surface area is 117 Å². The molecule has 0 radical (unpaired) electrons. The summed E-state index contributed by atoms with van der Waals surface area (Å²) in [4.78, 5) is 0.0559. The number of hydrogen-bond acceptors (Lipinski definition) is 4. The minimum absolute atomic E-state index is 0.0559. The minimum Gasteiger partial charge on any atom is -0.383 e. The van der Waals surface area contributed by atoms with Crippen LogP contribution in [0, 0.1) is 0 Å². The van der Waals surface area contributed by atoms with E-state index >= 15 is 0 Å². The zero-order valence-corrected chi connectivity index (χ0v) is 11.7. The van der Waals surface area contributed by atoms with Crippen LogP contribution in [-0.4, -0.2) is 29.5 Å². The van der Waals surface area contributed by atoms with Crippen molar-refractivity contribution in [1.82, 2.24) is 14.5 Å². The Hall–Kier alpha value is -1.86. The van der Waals surface area contributed by atoms with Crippen molar-refractivity contribution in [3.8, 4) is 0 Å².